The molecule has 0 radical (unpaired) electrons. The van der Waals surface area contributed by atoms with Crippen molar-refractivity contribution in [2.75, 3.05) is 5.73 Å². The molecule has 0 saturated heterocycles. The first kappa shape index (κ1) is 12.0. The molecule has 0 aliphatic carbocycles. The van der Waals surface area contributed by atoms with E-state index in [0.29, 0.717) is 12.2 Å². The van der Waals surface area contributed by atoms with Crippen LogP contribution in [0.25, 0.3) is 0 Å². The summed E-state index contributed by atoms with van der Waals surface area (Å²) in [5, 5.41) is 3.18. The summed E-state index contributed by atoms with van der Waals surface area (Å²) in [5.74, 6) is 0.447. The normalized spacial score (nSPS) is 11.7. The maximum absolute atomic E-state index is 5.49. The summed E-state index contributed by atoms with van der Waals surface area (Å²) in [4.78, 5) is 12.9. The van der Waals surface area contributed by atoms with Crippen LogP contribution in [0.5, 0.6) is 0 Å². The Kier molecular flexibility index (Phi) is 3.11. The van der Waals surface area contributed by atoms with Crippen molar-refractivity contribution in [1.29, 1.82) is 0 Å². The monoisotopic (exact) mass is 248 g/mol. The Bertz CT molecular complexity index is 496. The van der Waals surface area contributed by atoms with Crippen molar-refractivity contribution in [2.24, 2.45) is 0 Å². The van der Waals surface area contributed by atoms with E-state index in [1.807, 2.05) is 0 Å². The molecule has 0 unspecified atom stereocenters. The molecule has 0 bridgehead atoms. The van der Waals surface area contributed by atoms with Crippen LogP contribution in [0.3, 0.4) is 0 Å². The number of thiazole rings is 1. The molecule has 5 heteroatoms. The van der Waals surface area contributed by atoms with E-state index in [0.717, 1.165) is 16.4 Å². The van der Waals surface area contributed by atoms with Crippen molar-refractivity contribution in [3.8, 4) is 0 Å². The smallest absolute Gasteiger partial charge is 0.141 e. The first-order valence-electron chi connectivity index (χ1n) is 5.46. The lowest BCUT2D eigenvalue weighted by atomic mass is 9.93. The van der Waals surface area contributed by atoms with Gasteiger partial charge in [0.1, 0.15) is 5.82 Å². The topological polar surface area (TPSA) is 64.7 Å². The summed E-state index contributed by atoms with van der Waals surface area (Å²) in [7, 11) is 0. The van der Waals surface area contributed by atoms with Crippen LogP contribution in [0.1, 0.15) is 37.2 Å². The number of hydrogen-bond acceptors (Lipinski definition) is 5. The molecule has 2 aromatic rings. The fourth-order valence-corrected chi connectivity index (χ4v) is 2.38. The third-order valence-corrected chi connectivity index (χ3v) is 3.23. The van der Waals surface area contributed by atoms with E-state index in [2.05, 4.69) is 41.1 Å². The highest BCUT2D eigenvalue weighted by atomic mass is 32.1. The number of nitrogens with two attached hydrogens (primary N) is 1. The Hall–Kier alpha value is -1.49. The second-order valence-corrected chi connectivity index (χ2v) is 5.93. The predicted molar refractivity (Wildman–Crippen MR) is 70.1 cm³/mol. The van der Waals surface area contributed by atoms with Crippen molar-refractivity contribution < 1.29 is 0 Å². The molecule has 0 spiro atoms. The summed E-state index contributed by atoms with van der Waals surface area (Å²) >= 11 is 1.67. The van der Waals surface area contributed by atoms with Crippen LogP contribution in [-0.2, 0) is 11.8 Å². The maximum Gasteiger partial charge on any atom is 0.141 e. The van der Waals surface area contributed by atoms with Crippen LogP contribution in [0.15, 0.2) is 17.8 Å². The molecular formula is C12H16N4S. The van der Waals surface area contributed by atoms with Crippen LogP contribution in [0, 0.1) is 0 Å². The molecule has 0 saturated carbocycles. The number of nitrogens with zero attached hydrogens (tertiary/aromatic N) is 3. The van der Waals surface area contributed by atoms with E-state index in [1.165, 1.54) is 0 Å². The lowest BCUT2D eigenvalue weighted by Gasteiger charge is -2.14. The standard InChI is InChI=1S/C12H16N4S/c1-12(2,3)9-7-17-11(16-9)4-8-5-15-10(13)6-14-8/h5-7H,4H2,1-3H3,(H2,13,15). The van der Waals surface area contributed by atoms with Gasteiger partial charge in [-0.2, -0.15) is 0 Å². The van der Waals surface area contributed by atoms with Crippen LogP contribution in [0.4, 0.5) is 5.82 Å². The maximum atomic E-state index is 5.49. The van der Waals surface area contributed by atoms with Gasteiger partial charge in [-0.3, -0.25) is 4.98 Å². The van der Waals surface area contributed by atoms with Crippen LogP contribution in [-0.4, -0.2) is 15.0 Å². The summed E-state index contributed by atoms with van der Waals surface area (Å²) in [6.45, 7) is 6.48. The van der Waals surface area contributed by atoms with Gasteiger partial charge in [0.25, 0.3) is 0 Å². The minimum Gasteiger partial charge on any atom is -0.382 e. The van der Waals surface area contributed by atoms with Crippen LogP contribution >= 0.6 is 11.3 Å². The fraction of sp³-hybridized carbons (Fsp3) is 0.417. The summed E-state index contributed by atoms with van der Waals surface area (Å²) in [6, 6.07) is 0. The molecule has 0 fully saturated rings. The highest BCUT2D eigenvalue weighted by Gasteiger charge is 2.17. The van der Waals surface area contributed by atoms with Gasteiger partial charge in [-0.05, 0) is 0 Å². The van der Waals surface area contributed by atoms with Gasteiger partial charge in [-0.1, -0.05) is 20.8 Å². The SMILES string of the molecule is CC(C)(C)c1csc(Cc2cnc(N)cn2)n1. The molecular weight excluding hydrogens is 232 g/mol. The van der Waals surface area contributed by atoms with E-state index in [-0.39, 0.29) is 5.41 Å². The summed E-state index contributed by atoms with van der Waals surface area (Å²) in [5.41, 5.74) is 7.62. The highest BCUT2D eigenvalue weighted by molar-refractivity contribution is 7.09. The number of nitrogen functional groups attached to an aromatic ring is 1. The van der Waals surface area contributed by atoms with Gasteiger partial charge in [-0.15, -0.1) is 11.3 Å². The van der Waals surface area contributed by atoms with Crippen molar-refractivity contribution in [1.82, 2.24) is 15.0 Å². The zero-order valence-corrected chi connectivity index (χ0v) is 11.1. The van der Waals surface area contributed by atoms with Crippen LogP contribution < -0.4 is 5.73 Å². The third kappa shape index (κ3) is 3.00. The Balaban J connectivity index is 2.14. The van der Waals surface area contributed by atoms with Gasteiger partial charge in [0, 0.05) is 17.2 Å². The molecule has 2 rings (SSSR count). The van der Waals surface area contributed by atoms with Crippen molar-refractivity contribution in [3.63, 3.8) is 0 Å². The molecule has 0 aliphatic rings. The molecule has 4 nitrogen and oxygen atoms in total. The lowest BCUT2D eigenvalue weighted by molar-refractivity contribution is 0.571. The highest BCUT2D eigenvalue weighted by Crippen LogP contribution is 2.24. The van der Waals surface area contributed by atoms with E-state index in [1.54, 1.807) is 23.7 Å². The third-order valence-electron chi connectivity index (χ3n) is 2.38. The molecule has 0 aliphatic heterocycles. The number of anilines is 1. The van der Waals surface area contributed by atoms with Gasteiger partial charge in [-0.25, -0.2) is 9.97 Å². The molecule has 17 heavy (non-hydrogen) atoms. The second kappa shape index (κ2) is 4.41. The molecule has 0 aromatic carbocycles. The quantitative estimate of drug-likeness (QED) is 0.886. The Morgan fingerprint density at radius 1 is 1.24 bits per heavy atom. The molecule has 0 atom stereocenters. The Morgan fingerprint density at radius 3 is 2.53 bits per heavy atom. The van der Waals surface area contributed by atoms with Gasteiger partial charge < -0.3 is 5.73 Å². The molecule has 2 N–H and O–H groups in total. The predicted octanol–water partition coefficient (Wildman–Crippen LogP) is 2.40. The average molecular weight is 248 g/mol. The number of aromatic nitrogens is 3. The number of rotatable bonds is 2. The first-order chi connectivity index (χ1) is 7.95. The minimum atomic E-state index is 0.0988. The minimum absolute atomic E-state index is 0.0988. The molecule has 2 heterocycles. The van der Waals surface area contributed by atoms with Gasteiger partial charge in [0.15, 0.2) is 0 Å². The molecule has 2 aromatic heterocycles. The van der Waals surface area contributed by atoms with E-state index >= 15 is 0 Å². The summed E-state index contributed by atoms with van der Waals surface area (Å²) < 4.78 is 0. The van der Waals surface area contributed by atoms with E-state index < -0.39 is 0 Å². The van der Waals surface area contributed by atoms with Gasteiger partial charge in [0.05, 0.1) is 28.8 Å². The van der Waals surface area contributed by atoms with Gasteiger partial charge in [0.2, 0.25) is 0 Å². The van der Waals surface area contributed by atoms with Crippen LogP contribution in [0.2, 0.25) is 0 Å². The summed E-state index contributed by atoms with van der Waals surface area (Å²) in [6.07, 6.45) is 4.00. The largest absolute Gasteiger partial charge is 0.382 e. The molecule has 90 valence electrons. The fourth-order valence-electron chi connectivity index (χ4n) is 1.35. The lowest BCUT2D eigenvalue weighted by Crippen LogP contribution is -2.11. The Labute approximate surface area is 105 Å². The number of hydrogen-bond donors (Lipinski definition) is 1. The first-order valence-corrected chi connectivity index (χ1v) is 6.34. The van der Waals surface area contributed by atoms with Gasteiger partial charge >= 0.3 is 0 Å². The zero-order chi connectivity index (χ0) is 12.5. The van der Waals surface area contributed by atoms with E-state index in [4.69, 9.17) is 5.73 Å². The molecule has 0 amide bonds. The average Bonchev–Trinajstić information content (AvgIpc) is 2.69. The van der Waals surface area contributed by atoms with E-state index in [9.17, 15) is 0 Å². The van der Waals surface area contributed by atoms with Crippen molar-refractivity contribution >= 4 is 17.2 Å². The van der Waals surface area contributed by atoms with Crippen molar-refractivity contribution in [2.45, 2.75) is 32.6 Å². The zero-order valence-electron chi connectivity index (χ0n) is 10.3. The second-order valence-electron chi connectivity index (χ2n) is 4.99. The van der Waals surface area contributed by atoms with Crippen molar-refractivity contribution in [3.05, 3.63) is 34.2 Å². The Morgan fingerprint density at radius 2 is 2.00 bits per heavy atom.